The van der Waals surface area contributed by atoms with Crippen LogP contribution in [0.3, 0.4) is 0 Å². The highest BCUT2D eigenvalue weighted by Gasteiger charge is 2.50. The normalized spacial score (nSPS) is 23.0. The number of halogens is 1. The summed E-state index contributed by atoms with van der Waals surface area (Å²) >= 11 is 0. The first-order valence-corrected chi connectivity index (χ1v) is 12.1. The molecule has 3 fully saturated rings. The van der Waals surface area contributed by atoms with Crippen molar-refractivity contribution in [2.45, 2.75) is 44.4 Å². The van der Waals surface area contributed by atoms with Crippen LogP contribution >= 0.6 is 0 Å². The molecule has 1 aromatic carbocycles. The van der Waals surface area contributed by atoms with Crippen molar-refractivity contribution in [2.75, 3.05) is 20.5 Å². The van der Waals surface area contributed by atoms with E-state index in [1.165, 1.54) is 24.5 Å². The molecule has 3 aromatic rings. The maximum atomic E-state index is 15.1. The van der Waals surface area contributed by atoms with E-state index in [1.807, 2.05) is 24.0 Å². The summed E-state index contributed by atoms with van der Waals surface area (Å²) in [6.45, 7) is 2.42. The second-order valence-electron chi connectivity index (χ2n) is 9.26. The maximum Gasteiger partial charge on any atom is 0.255 e. The molecule has 6 rings (SSSR count). The molecule has 1 amide bonds. The van der Waals surface area contributed by atoms with Crippen LogP contribution in [0, 0.1) is 18.7 Å². The zero-order chi connectivity index (χ0) is 25.1. The molecule has 0 N–H and O–H groups in total. The van der Waals surface area contributed by atoms with Crippen molar-refractivity contribution in [1.82, 2.24) is 19.9 Å². The number of hydrogen-bond acceptors (Lipinski definition) is 7. The Balaban J connectivity index is 1.50. The average Bonchev–Trinajstić information content (AvgIpc) is 2.90. The van der Waals surface area contributed by atoms with Crippen LogP contribution in [0.1, 0.15) is 35.2 Å². The lowest BCUT2D eigenvalue weighted by atomic mass is 9.72. The second-order valence-corrected chi connectivity index (χ2v) is 9.26. The smallest absolute Gasteiger partial charge is 0.255 e. The molecule has 188 valence electrons. The monoisotopic (exact) mass is 492 g/mol. The van der Waals surface area contributed by atoms with Gasteiger partial charge >= 0.3 is 0 Å². The Hall–Kier alpha value is -3.43. The molecule has 3 aliphatic rings. The van der Waals surface area contributed by atoms with E-state index < -0.39 is 5.82 Å². The first kappa shape index (κ1) is 24.3. The Morgan fingerprint density at radius 2 is 1.94 bits per heavy atom. The summed E-state index contributed by atoms with van der Waals surface area (Å²) in [6, 6.07) is 9.53. The number of carbonyl (C=O) groups excluding carboxylic acids is 1. The Morgan fingerprint density at radius 3 is 2.69 bits per heavy atom. The van der Waals surface area contributed by atoms with Gasteiger partial charge in [-0.1, -0.05) is 12.1 Å². The molecule has 2 saturated heterocycles. The predicted octanol–water partition coefficient (Wildman–Crippen LogP) is 4.05. The number of aryl methyl sites for hydroxylation is 1. The zero-order valence-corrected chi connectivity index (χ0v) is 20.3. The lowest BCUT2D eigenvalue weighted by Gasteiger charge is -2.54. The van der Waals surface area contributed by atoms with Crippen LogP contribution < -0.4 is 4.74 Å². The van der Waals surface area contributed by atoms with Gasteiger partial charge in [-0.2, -0.15) is 0 Å². The van der Waals surface area contributed by atoms with E-state index in [-0.39, 0.29) is 53.8 Å². The van der Waals surface area contributed by atoms with Crippen LogP contribution in [0.5, 0.6) is 5.88 Å². The molecule has 2 aromatic heterocycles. The van der Waals surface area contributed by atoms with Crippen LogP contribution in [-0.4, -0.2) is 64.5 Å². The standard InChI is InChI=1S/C27H29FN4O4/c1-17-7-10-24(31-14-17)36-23-13-18-8-9-21(23)32(22(18)15-35-16-34-2)27(33)19-5-3-6-20(28)25(19)26-29-11-4-12-30-26/h3-7,10-12,14,18,21-23H,8-9,13,15-16H2,1-2H3. The van der Waals surface area contributed by atoms with Gasteiger partial charge in [0.05, 0.1) is 29.8 Å². The lowest BCUT2D eigenvalue weighted by Crippen LogP contribution is -2.65. The first-order valence-electron chi connectivity index (χ1n) is 12.1. The minimum absolute atomic E-state index is 0.0961. The average molecular weight is 493 g/mol. The van der Waals surface area contributed by atoms with Crippen LogP contribution in [0.25, 0.3) is 11.4 Å². The van der Waals surface area contributed by atoms with Crippen molar-refractivity contribution >= 4 is 5.91 Å². The molecule has 0 spiro atoms. The summed E-state index contributed by atoms with van der Waals surface area (Å²) in [7, 11) is 1.56. The van der Waals surface area contributed by atoms with E-state index in [0.717, 1.165) is 24.8 Å². The third-order valence-electron chi connectivity index (χ3n) is 6.97. The van der Waals surface area contributed by atoms with Gasteiger partial charge in [-0.15, -0.1) is 0 Å². The molecule has 2 aliphatic heterocycles. The maximum absolute atomic E-state index is 15.1. The van der Waals surface area contributed by atoms with Crippen molar-refractivity contribution in [2.24, 2.45) is 5.92 Å². The van der Waals surface area contributed by atoms with Gasteiger partial charge in [0.2, 0.25) is 5.88 Å². The number of carbonyl (C=O) groups is 1. The molecule has 2 bridgehead atoms. The summed E-state index contributed by atoms with van der Waals surface area (Å²) in [4.78, 5) is 28.8. The van der Waals surface area contributed by atoms with Gasteiger partial charge in [-0.05, 0) is 55.9 Å². The molecule has 8 nitrogen and oxygen atoms in total. The molecule has 1 saturated carbocycles. The van der Waals surface area contributed by atoms with E-state index in [0.29, 0.717) is 12.5 Å². The quantitative estimate of drug-likeness (QED) is 0.346. The second kappa shape index (κ2) is 10.7. The fraction of sp³-hybridized carbons (Fsp3) is 0.407. The third kappa shape index (κ3) is 4.81. The molecule has 4 atom stereocenters. The highest BCUT2D eigenvalue weighted by atomic mass is 19.1. The van der Waals surface area contributed by atoms with Crippen LogP contribution in [0.15, 0.2) is 55.0 Å². The Labute approximate surface area is 209 Å². The number of pyridine rings is 1. The van der Waals surface area contributed by atoms with E-state index in [4.69, 9.17) is 14.2 Å². The Kier molecular flexibility index (Phi) is 7.20. The molecular formula is C27H29FN4O4. The van der Waals surface area contributed by atoms with Gasteiger partial charge in [0.15, 0.2) is 5.82 Å². The Bertz CT molecular complexity index is 1190. The van der Waals surface area contributed by atoms with Crippen molar-refractivity contribution in [3.05, 3.63) is 71.9 Å². The minimum atomic E-state index is -0.543. The fourth-order valence-electron chi connectivity index (χ4n) is 5.36. The Morgan fingerprint density at radius 1 is 1.11 bits per heavy atom. The fourth-order valence-corrected chi connectivity index (χ4v) is 5.36. The number of fused-ring (bicyclic) bond motifs is 3. The van der Waals surface area contributed by atoms with Gasteiger partial charge in [0.1, 0.15) is 18.7 Å². The lowest BCUT2D eigenvalue weighted by molar-refractivity contribution is -0.109. The van der Waals surface area contributed by atoms with E-state index in [9.17, 15) is 4.79 Å². The van der Waals surface area contributed by atoms with Crippen molar-refractivity contribution < 1.29 is 23.4 Å². The van der Waals surface area contributed by atoms with Gasteiger partial charge < -0.3 is 19.1 Å². The molecule has 9 heteroatoms. The van der Waals surface area contributed by atoms with Crippen molar-refractivity contribution in [3.8, 4) is 17.3 Å². The van der Waals surface area contributed by atoms with Gasteiger partial charge in [-0.25, -0.2) is 19.3 Å². The highest BCUT2D eigenvalue weighted by Crippen LogP contribution is 2.43. The van der Waals surface area contributed by atoms with E-state index in [2.05, 4.69) is 15.0 Å². The number of ether oxygens (including phenoxy) is 3. The van der Waals surface area contributed by atoms with Gasteiger partial charge in [0.25, 0.3) is 5.91 Å². The summed E-state index contributed by atoms with van der Waals surface area (Å²) in [5.74, 6) is 0.0314. The number of methoxy groups -OCH3 is 1. The molecule has 36 heavy (non-hydrogen) atoms. The summed E-state index contributed by atoms with van der Waals surface area (Å²) in [5.41, 5.74) is 1.36. The van der Waals surface area contributed by atoms with E-state index >= 15 is 4.39 Å². The van der Waals surface area contributed by atoms with Crippen LogP contribution in [-0.2, 0) is 9.47 Å². The number of amides is 1. The summed E-state index contributed by atoms with van der Waals surface area (Å²) < 4.78 is 32.2. The molecule has 1 aliphatic carbocycles. The number of nitrogens with zero attached hydrogens (tertiary/aromatic N) is 4. The summed E-state index contributed by atoms with van der Waals surface area (Å²) in [6.07, 6.45) is 7.11. The molecule has 4 heterocycles. The topological polar surface area (TPSA) is 86.7 Å². The number of piperidine rings is 2. The van der Waals surface area contributed by atoms with Crippen molar-refractivity contribution in [1.29, 1.82) is 0 Å². The predicted molar refractivity (Wildman–Crippen MR) is 130 cm³/mol. The number of hydrogen-bond donors (Lipinski definition) is 0. The minimum Gasteiger partial charge on any atom is -0.472 e. The molecular weight excluding hydrogens is 463 g/mol. The van der Waals surface area contributed by atoms with Gasteiger partial charge in [0, 0.05) is 31.8 Å². The largest absolute Gasteiger partial charge is 0.472 e. The number of benzene rings is 1. The molecule has 0 radical (unpaired) electrons. The van der Waals surface area contributed by atoms with Gasteiger partial charge in [-0.3, -0.25) is 4.79 Å². The van der Waals surface area contributed by atoms with E-state index in [1.54, 1.807) is 25.4 Å². The van der Waals surface area contributed by atoms with Crippen LogP contribution in [0.2, 0.25) is 0 Å². The van der Waals surface area contributed by atoms with Crippen molar-refractivity contribution in [3.63, 3.8) is 0 Å². The van der Waals surface area contributed by atoms with Crippen LogP contribution in [0.4, 0.5) is 4.39 Å². The first-order chi connectivity index (χ1) is 17.6. The number of rotatable bonds is 8. The SMILES string of the molecule is COCOCC1C2CCC(C(Oc3ccc(C)cn3)C2)N1C(=O)c1cccc(F)c1-c1ncccn1. The zero-order valence-electron chi connectivity index (χ0n) is 20.3. The third-order valence-corrected chi connectivity index (χ3v) is 6.97. The molecule has 4 unspecified atom stereocenters. The number of aromatic nitrogens is 3. The summed E-state index contributed by atoms with van der Waals surface area (Å²) in [5, 5.41) is 0. The highest BCUT2D eigenvalue weighted by molar-refractivity contribution is 6.00.